The molecule has 0 atom stereocenters. The van der Waals surface area contributed by atoms with Gasteiger partial charge in [-0.25, -0.2) is 23.5 Å². The molecule has 0 aliphatic rings. The van der Waals surface area contributed by atoms with E-state index in [-0.39, 0.29) is 4.90 Å². The van der Waals surface area contributed by atoms with Crippen LogP contribution < -0.4 is 11.3 Å². The summed E-state index contributed by atoms with van der Waals surface area (Å²) in [6, 6.07) is 3.03. The van der Waals surface area contributed by atoms with Gasteiger partial charge in [-0.3, -0.25) is 0 Å². The lowest BCUT2D eigenvalue weighted by atomic mass is 10.2. The van der Waals surface area contributed by atoms with Crippen molar-refractivity contribution >= 4 is 15.8 Å². The molecule has 3 N–H and O–H groups in total. The van der Waals surface area contributed by atoms with Crippen LogP contribution in [0, 0.1) is 0 Å². The van der Waals surface area contributed by atoms with Crippen molar-refractivity contribution in [1.29, 1.82) is 0 Å². The van der Waals surface area contributed by atoms with Crippen LogP contribution in [0.25, 0.3) is 0 Å². The Bertz CT molecular complexity index is 458. The molecule has 7 heteroatoms. The number of nitrogens with two attached hydrogens (primary N) is 1. The standard InChI is InChI=1S/C11H20N4O2S/c1-3-4-5-8-15(2)18(16,17)10-6-7-11(14-12)13-9-10/h6-7,9H,3-5,8,12H2,1-2H3,(H,13,14). The minimum Gasteiger partial charge on any atom is -0.308 e. The second kappa shape index (κ2) is 6.67. The number of hydrogen-bond acceptors (Lipinski definition) is 5. The van der Waals surface area contributed by atoms with Crippen molar-refractivity contribution in [3.05, 3.63) is 18.3 Å². The lowest BCUT2D eigenvalue weighted by Crippen LogP contribution is -2.28. The van der Waals surface area contributed by atoms with Gasteiger partial charge >= 0.3 is 0 Å². The van der Waals surface area contributed by atoms with Crippen LogP contribution in [0.3, 0.4) is 0 Å². The molecule has 0 aromatic carbocycles. The normalized spacial score (nSPS) is 11.8. The maximum atomic E-state index is 12.2. The number of anilines is 1. The molecule has 0 fully saturated rings. The summed E-state index contributed by atoms with van der Waals surface area (Å²) in [6.45, 7) is 2.60. The average molecular weight is 272 g/mol. The van der Waals surface area contributed by atoms with E-state index in [2.05, 4.69) is 17.3 Å². The number of nitrogen functional groups attached to an aromatic ring is 1. The predicted octanol–water partition coefficient (Wildman–Crippen LogP) is 1.18. The van der Waals surface area contributed by atoms with E-state index in [1.165, 1.54) is 22.6 Å². The van der Waals surface area contributed by atoms with E-state index in [1.807, 2.05) is 0 Å². The van der Waals surface area contributed by atoms with E-state index in [0.29, 0.717) is 12.4 Å². The summed E-state index contributed by atoms with van der Waals surface area (Å²) < 4.78 is 25.7. The Morgan fingerprint density at radius 3 is 2.61 bits per heavy atom. The Hall–Kier alpha value is -1.18. The van der Waals surface area contributed by atoms with Crippen LogP contribution in [0.2, 0.25) is 0 Å². The van der Waals surface area contributed by atoms with Crippen LogP contribution in [-0.2, 0) is 10.0 Å². The van der Waals surface area contributed by atoms with Crippen molar-refractivity contribution < 1.29 is 8.42 Å². The minimum absolute atomic E-state index is 0.181. The molecule has 0 radical (unpaired) electrons. The number of hydrogen-bond donors (Lipinski definition) is 2. The summed E-state index contributed by atoms with van der Waals surface area (Å²) in [6.07, 6.45) is 4.25. The number of pyridine rings is 1. The molecule has 0 aliphatic heterocycles. The van der Waals surface area contributed by atoms with Crippen LogP contribution in [-0.4, -0.2) is 31.3 Å². The average Bonchev–Trinajstić information content (AvgIpc) is 2.39. The van der Waals surface area contributed by atoms with Gasteiger partial charge in [-0.05, 0) is 18.6 Å². The van der Waals surface area contributed by atoms with E-state index in [9.17, 15) is 8.42 Å². The van der Waals surface area contributed by atoms with Crippen molar-refractivity contribution in [2.75, 3.05) is 19.0 Å². The Balaban J connectivity index is 2.77. The maximum absolute atomic E-state index is 12.2. The number of sulfonamides is 1. The molecular weight excluding hydrogens is 252 g/mol. The van der Waals surface area contributed by atoms with Crippen LogP contribution in [0.1, 0.15) is 26.2 Å². The number of hydrazine groups is 1. The molecule has 0 amide bonds. The molecule has 0 unspecified atom stereocenters. The van der Waals surface area contributed by atoms with Crippen LogP contribution >= 0.6 is 0 Å². The molecule has 0 bridgehead atoms. The van der Waals surface area contributed by atoms with Gasteiger partial charge in [0.15, 0.2) is 0 Å². The molecule has 0 aliphatic carbocycles. The van der Waals surface area contributed by atoms with Crippen LogP contribution in [0.15, 0.2) is 23.2 Å². The predicted molar refractivity (Wildman–Crippen MR) is 71.4 cm³/mol. The van der Waals surface area contributed by atoms with Crippen molar-refractivity contribution in [2.24, 2.45) is 5.84 Å². The summed E-state index contributed by atoms with van der Waals surface area (Å²) >= 11 is 0. The topological polar surface area (TPSA) is 88.3 Å². The highest BCUT2D eigenvalue weighted by atomic mass is 32.2. The Morgan fingerprint density at radius 1 is 1.39 bits per heavy atom. The van der Waals surface area contributed by atoms with Crippen LogP contribution in [0.4, 0.5) is 5.82 Å². The summed E-state index contributed by atoms with van der Waals surface area (Å²) in [4.78, 5) is 4.08. The number of nitrogens with zero attached hydrogens (tertiary/aromatic N) is 2. The van der Waals surface area contributed by atoms with Crippen molar-refractivity contribution in [1.82, 2.24) is 9.29 Å². The van der Waals surface area contributed by atoms with Crippen molar-refractivity contribution in [2.45, 2.75) is 31.1 Å². The van der Waals surface area contributed by atoms with Crippen LogP contribution in [0.5, 0.6) is 0 Å². The Morgan fingerprint density at radius 2 is 2.11 bits per heavy atom. The van der Waals surface area contributed by atoms with Gasteiger partial charge in [0.1, 0.15) is 10.7 Å². The van der Waals surface area contributed by atoms with Gasteiger partial charge in [-0.1, -0.05) is 19.8 Å². The van der Waals surface area contributed by atoms with Gasteiger partial charge in [0.2, 0.25) is 10.0 Å². The first-order valence-electron chi connectivity index (χ1n) is 5.91. The van der Waals surface area contributed by atoms with Gasteiger partial charge in [-0.2, -0.15) is 0 Å². The van der Waals surface area contributed by atoms with E-state index in [0.717, 1.165) is 19.3 Å². The molecule has 0 saturated heterocycles. The fourth-order valence-electron chi connectivity index (χ4n) is 1.50. The summed E-state index contributed by atoms with van der Waals surface area (Å²) in [5.74, 6) is 5.61. The monoisotopic (exact) mass is 272 g/mol. The van der Waals surface area contributed by atoms with E-state index < -0.39 is 10.0 Å². The second-order valence-electron chi connectivity index (χ2n) is 4.06. The molecule has 1 aromatic rings. The zero-order chi connectivity index (χ0) is 13.6. The molecule has 1 rings (SSSR count). The maximum Gasteiger partial charge on any atom is 0.244 e. The Kier molecular flexibility index (Phi) is 5.52. The fourth-order valence-corrected chi connectivity index (χ4v) is 2.66. The first-order valence-corrected chi connectivity index (χ1v) is 7.35. The van der Waals surface area contributed by atoms with Gasteiger partial charge in [0, 0.05) is 19.8 Å². The first-order chi connectivity index (χ1) is 8.52. The molecule has 0 saturated carbocycles. The van der Waals surface area contributed by atoms with Gasteiger partial charge in [0.25, 0.3) is 0 Å². The molecule has 0 spiro atoms. The van der Waals surface area contributed by atoms with Gasteiger partial charge in [-0.15, -0.1) is 0 Å². The smallest absolute Gasteiger partial charge is 0.244 e. The third kappa shape index (κ3) is 3.66. The molecule has 1 aromatic heterocycles. The molecule has 102 valence electrons. The first kappa shape index (κ1) is 14.9. The number of unbranched alkanes of at least 4 members (excludes halogenated alkanes) is 2. The highest BCUT2D eigenvalue weighted by Gasteiger charge is 2.20. The van der Waals surface area contributed by atoms with E-state index in [1.54, 1.807) is 7.05 Å². The molecule has 18 heavy (non-hydrogen) atoms. The van der Waals surface area contributed by atoms with Gasteiger partial charge in [0.05, 0.1) is 0 Å². The molecule has 6 nitrogen and oxygen atoms in total. The van der Waals surface area contributed by atoms with Crippen molar-refractivity contribution in [3.63, 3.8) is 0 Å². The highest BCUT2D eigenvalue weighted by molar-refractivity contribution is 7.89. The number of nitrogens with one attached hydrogen (secondary N) is 1. The lowest BCUT2D eigenvalue weighted by Gasteiger charge is -2.16. The number of rotatable bonds is 7. The quantitative estimate of drug-likeness (QED) is 0.442. The summed E-state index contributed by atoms with van der Waals surface area (Å²) in [5, 5.41) is 0. The van der Waals surface area contributed by atoms with Crippen molar-refractivity contribution in [3.8, 4) is 0 Å². The van der Waals surface area contributed by atoms with E-state index >= 15 is 0 Å². The SMILES string of the molecule is CCCCCN(C)S(=O)(=O)c1ccc(NN)nc1. The Labute approximate surface area is 108 Å². The van der Waals surface area contributed by atoms with Gasteiger partial charge < -0.3 is 5.43 Å². The largest absolute Gasteiger partial charge is 0.308 e. The molecular formula is C11H20N4O2S. The number of aromatic nitrogens is 1. The lowest BCUT2D eigenvalue weighted by molar-refractivity contribution is 0.454. The molecule has 1 heterocycles. The summed E-state index contributed by atoms with van der Waals surface area (Å²) in [5.41, 5.74) is 2.36. The third-order valence-corrected chi connectivity index (χ3v) is 4.51. The highest BCUT2D eigenvalue weighted by Crippen LogP contribution is 2.15. The summed E-state index contributed by atoms with van der Waals surface area (Å²) in [7, 11) is -1.86. The second-order valence-corrected chi connectivity index (χ2v) is 6.10. The fraction of sp³-hybridized carbons (Fsp3) is 0.545. The third-order valence-electron chi connectivity index (χ3n) is 2.67. The van der Waals surface area contributed by atoms with E-state index in [4.69, 9.17) is 5.84 Å². The zero-order valence-electron chi connectivity index (χ0n) is 10.8. The zero-order valence-corrected chi connectivity index (χ0v) is 11.6. The minimum atomic E-state index is -3.44.